The van der Waals surface area contributed by atoms with Crippen molar-refractivity contribution in [2.45, 2.75) is 19.8 Å². The predicted octanol–water partition coefficient (Wildman–Crippen LogP) is 3.29. The number of aromatic nitrogens is 2. The first-order valence-corrected chi connectivity index (χ1v) is 7.10. The first-order valence-electron chi connectivity index (χ1n) is 6.31. The zero-order valence-electron chi connectivity index (χ0n) is 11.2. The van der Waals surface area contributed by atoms with E-state index < -0.39 is 10.8 Å². The molecule has 0 saturated heterocycles. The van der Waals surface area contributed by atoms with Crippen LogP contribution in [0.5, 0.6) is 0 Å². The molecule has 1 amide bonds. The van der Waals surface area contributed by atoms with Crippen molar-refractivity contribution in [2.75, 3.05) is 5.32 Å². The Balaban J connectivity index is 2.19. The van der Waals surface area contributed by atoms with Crippen molar-refractivity contribution in [1.29, 1.82) is 0 Å². The summed E-state index contributed by atoms with van der Waals surface area (Å²) in [6.07, 6.45) is 1.80. The van der Waals surface area contributed by atoms with Gasteiger partial charge in [-0.15, -0.1) is 0 Å². The third-order valence-electron chi connectivity index (χ3n) is 2.80. The van der Waals surface area contributed by atoms with E-state index in [0.717, 1.165) is 18.5 Å². The van der Waals surface area contributed by atoms with Crippen LogP contribution in [0.1, 0.15) is 29.4 Å². The van der Waals surface area contributed by atoms with Crippen LogP contribution >= 0.6 is 15.9 Å². The highest BCUT2D eigenvalue weighted by molar-refractivity contribution is 9.10. The molecule has 21 heavy (non-hydrogen) atoms. The maximum Gasteiger partial charge on any atom is 0.270 e. The number of hydrogen-bond acceptors (Lipinski definition) is 4. The van der Waals surface area contributed by atoms with Gasteiger partial charge in [-0.2, -0.15) is 5.10 Å². The minimum absolute atomic E-state index is 0.142. The summed E-state index contributed by atoms with van der Waals surface area (Å²) >= 11 is 3.21. The van der Waals surface area contributed by atoms with Gasteiger partial charge in [-0.1, -0.05) is 13.3 Å². The van der Waals surface area contributed by atoms with Gasteiger partial charge in [0.15, 0.2) is 5.82 Å². The SMILES string of the molecule is CCCc1cc(NC(=O)c2cc([N+](=O)[O-])ccc2Br)n[nH]1. The van der Waals surface area contributed by atoms with E-state index in [4.69, 9.17) is 0 Å². The topological polar surface area (TPSA) is 101 Å². The predicted molar refractivity (Wildman–Crippen MR) is 81.3 cm³/mol. The highest BCUT2D eigenvalue weighted by atomic mass is 79.9. The number of benzene rings is 1. The van der Waals surface area contributed by atoms with Crippen molar-refractivity contribution in [3.8, 4) is 0 Å². The van der Waals surface area contributed by atoms with Crippen molar-refractivity contribution in [3.63, 3.8) is 0 Å². The van der Waals surface area contributed by atoms with Gasteiger partial charge in [-0.25, -0.2) is 0 Å². The van der Waals surface area contributed by atoms with Crippen LogP contribution in [0, 0.1) is 10.1 Å². The number of nitro benzene ring substituents is 1. The van der Waals surface area contributed by atoms with Crippen LogP contribution in [0.4, 0.5) is 11.5 Å². The van der Waals surface area contributed by atoms with Gasteiger partial charge in [-0.05, 0) is 28.4 Å². The Kier molecular flexibility index (Phi) is 4.69. The highest BCUT2D eigenvalue weighted by Gasteiger charge is 2.16. The molecule has 0 bridgehead atoms. The number of hydrogen-bond donors (Lipinski definition) is 2. The number of aromatic amines is 1. The third kappa shape index (κ3) is 3.66. The molecule has 0 aliphatic heterocycles. The van der Waals surface area contributed by atoms with Gasteiger partial charge >= 0.3 is 0 Å². The lowest BCUT2D eigenvalue weighted by Gasteiger charge is -2.04. The molecule has 8 heteroatoms. The van der Waals surface area contributed by atoms with Gasteiger partial charge in [0.2, 0.25) is 0 Å². The number of halogens is 1. The molecule has 0 fully saturated rings. The van der Waals surface area contributed by atoms with E-state index in [-0.39, 0.29) is 11.3 Å². The van der Waals surface area contributed by atoms with Crippen LogP contribution in [0.15, 0.2) is 28.7 Å². The molecule has 0 atom stereocenters. The monoisotopic (exact) mass is 352 g/mol. The van der Waals surface area contributed by atoms with Gasteiger partial charge in [0.05, 0.1) is 10.5 Å². The first kappa shape index (κ1) is 15.2. The molecule has 0 radical (unpaired) electrons. The number of carbonyl (C=O) groups excluding carboxylic acids is 1. The molecular formula is C13H13BrN4O3. The van der Waals surface area contributed by atoms with Crippen LogP contribution in [0.3, 0.4) is 0 Å². The molecule has 0 aliphatic rings. The van der Waals surface area contributed by atoms with E-state index in [2.05, 4.69) is 31.4 Å². The van der Waals surface area contributed by atoms with Crippen LogP contribution in [-0.2, 0) is 6.42 Å². The smallest absolute Gasteiger partial charge is 0.270 e. The molecule has 1 heterocycles. The highest BCUT2D eigenvalue weighted by Crippen LogP contribution is 2.23. The van der Waals surface area contributed by atoms with Gasteiger partial charge in [0.1, 0.15) is 0 Å². The number of anilines is 1. The molecule has 0 aliphatic carbocycles. The Morgan fingerprint density at radius 1 is 1.48 bits per heavy atom. The van der Waals surface area contributed by atoms with E-state index in [1.54, 1.807) is 6.07 Å². The standard InChI is InChI=1S/C13H13BrN4O3/c1-2-3-8-6-12(17-16-8)15-13(19)10-7-9(18(20)21)4-5-11(10)14/h4-7H,2-3H2,1H3,(H2,15,16,17,19). The quantitative estimate of drug-likeness (QED) is 0.636. The second-order valence-corrected chi connectivity index (χ2v) is 5.26. The Bertz CT molecular complexity index is 684. The van der Waals surface area contributed by atoms with Crippen LogP contribution in [-0.4, -0.2) is 21.0 Å². The van der Waals surface area contributed by atoms with Crippen molar-refractivity contribution in [2.24, 2.45) is 0 Å². The fraction of sp³-hybridized carbons (Fsp3) is 0.231. The summed E-state index contributed by atoms with van der Waals surface area (Å²) in [5.41, 5.74) is 0.965. The Morgan fingerprint density at radius 2 is 2.24 bits per heavy atom. The maximum atomic E-state index is 12.2. The van der Waals surface area contributed by atoms with Crippen LogP contribution in [0.25, 0.3) is 0 Å². The number of H-pyrrole nitrogens is 1. The summed E-state index contributed by atoms with van der Waals surface area (Å²) in [6, 6.07) is 5.76. The van der Waals surface area contributed by atoms with Gasteiger partial charge in [0.25, 0.3) is 11.6 Å². The second kappa shape index (κ2) is 6.49. The number of non-ortho nitro benzene ring substituents is 1. The number of nitrogens with one attached hydrogen (secondary N) is 2. The second-order valence-electron chi connectivity index (χ2n) is 4.40. The van der Waals surface area contributed by atoms with Crippen molar-refractivity contribution >= 4 is 33.3 Å². The Hall–Kier alpha value is -2.22. The molecular weight excluding hydrogens is 340 g/mol. The maximum absolute atomic E-state index is 12.2. The largest absolute Gasteiger partial charge is 0.305 e. The molecule has 0 unspecified atom stereocenters. The lowest BCUT2D eigenvalue weighted by molar-refractivity contribution is -0.384. The Morgan fingerprint density at radius 3 is 2.90 bits per heavy atom. The minimum Gasteiger partial charge on any atom is -0.305 e. The summed E-state index contributed by atoms with van der Waals surface area (Å²) in [6.45, 7) is 2.04. The summed E-state index contributed by atoms with van der Waals surface area (Å²) < 4.78 is 0.481. The van der Waals surface area contributed by atoms with Crippen LogP contribution < -0.4 is 5.32 Å². The van der Waals surface area contributed by atoms with E-state index in [0.29, 0.717) is 10.3 Å². The van der Waals surface area contributed by atoms with E-state index >= 15 is 0 Å². The fourth-order valence-corrected chi connectivity index (χ4v) is 2.23. The van der Waals surface area contributed by atoms with Crippen molar-refractivity contribution in [1.82, 2.24) is 10.2 Å². The van der Waals surface area contributed by atoms with E-state index in [1.165, 1.54) is 18.2 Å². The first-order chi connectivity index (χ1) is 10.0. The molecule has 0 spiro atoms. The molecule has 2 rings (SSSR count). The lowest BCUT2D eigenvalue weighted by Crippen LogP contribution is -2.13. The van der Waals surface area contributed by atoms with Crippen molar-refractivity contribution < 1.29 is 9.72 Å². The van der Waals surface area contributed by atoms with E-state index in [1.807, 2.05) is 6.92 Å². The third-order valence-corrected chi connectivity index (χ3v) is 3.49. The molecule has 1 aromatic carbocycles. The molecule has 7 nitrogen and oxygen atoms in total. The fourth-order valence-electron chi connectivity index (χ4n) is 1.81. The lowest BCUT2D eigenvalue weighted by atomic mass is 10.2. The summed E-state index contributed by atoms with van der Waals surface area (Å²) in [5, 5.41) is 20.2. The number of nitrogens with zero attached hydrogens (tertiary/aromatic N) is 2. The normalized spacial score (nSPS) is 10.4. The molecule has 0 saturated carbocycles. The average Bonchev–Trinajstić information content (AvgIpc) is 2.86. The van der Waals surface area contributed by atoms with Crippen LogP contribution in [0.2, 0.25) is 0 Å². The number of aryl methyl sites for hydroxylation is 1. The number of nitro groups is 1. The Labute approximate surface area is 129 Å². The number of rotatable bonds is 5. The zero-order chi connectivity index (χ0) is 15.4. The minimum atomic E-state index is -0.545. The van der Waals surface area contributed by atoms with Gasteiger partial charge in [0, 0.05) is 28.4 Å². The summed E-state index contributed by atoms with van der Waals surface area (Å²) in [4.78, 5) is 22.4. The molecule has 2 N–H and O–H groups in total. The number of carbonyl (C=O) groups is 1. The van der Waals surface area contributed by atoms with E-state index in [9.17, 15) is 14.9 Å². The van der Waals surface area contributed by atoms with Crippen molar-refractivity contribution in [3.05, 3.63) is 50.1 Å². The van der Waals surface area contributed by atoms with Gasteiger partial charge in [-0.3, -0.25) is 20.0 Å². The zero-order valence-corrected chi connectivity index (χ0v) is 12.8. The average molecular weight is 353 g/mol. The number of amides is 1. The molecule has 2 aromatic rings. The molecule has 1 aromatic heterocycles. The summed E-state index contributed by atoms with van der Waals surface area (Å²) in [5.74, 6) is -0.0676. The molecule has 110 valence electrons. The summed E-state index contributed by atoms with van der Waals surface area (Å²) in [7, 11) is 0. The van der Waals surface area contributed by atoms with Gasteiger partial charge < -0.3 is 5.32 Å².